The van der Waals surface area contributed by atoms with E-state index in [0.717, 1.165) is 28.5 Å². The Balaban J connectivity index is 1.53. The number of thiocarbonyl (C=S) groups is 1. The molecule has 4 aromatic rings. The van der Waals surface area contributed by atoms with Crippen LogP contribution < -0.4 is 0 Å². The van der Waals surface area contributed by atoms with Gasteiger partial charge < -0.3 is 8.98 Å². The second kappa shape index (κ2) is 9.00. The van der Waals surface area contributed by atoms with E-state index in [1.807, 2.05) is 18.2 Å². The zero-order chi connectivity index (χ0) is 22.9. The van der Waals surface area contributed by atoms with Crippen molar-refractivity contribution in [2.24, 2.45) is 0 Å². The Morgan fingerprint density at radius 3 is 2.64 bits per heavy atom. The van der Waals surface area contributed by atoms with Crippen LogP contribution in [-0.4, -0.2) is 19.7 Å². The molecule has 166 valence electrons. The van der Waals surface area contributed by atoms with Gasteiger partial charge in [-0.05, 0) is 47.9 Å². The third-order valence-electron chi connectivity index (χ3n) is 5.71. The number of carbonyl (C=O) groups excluding carboxylic acids is 1. The lowest BCUT2D eigenvalue weighted by Gasteiger charge is -2.11. The lowest BCUT2D eigenvalue weighted by molar-refractivity contribution is -0.122. The predicted molar refractivity (Wildman–Crippen MR) is 134 cm³/mol. The summed E-state index contributed by atoms with van der Waals surface area (Å²) >= 11 is 6.78. The van der Waals surface area contributed by atoms with Gasteiger partial charge in [0.25, 0.3) is 5.91 Å². The number of aryl methyl sites for hydroxylation is 1. The summed E-state index contributed by atoms with van der Waals surface area (Å²) in [4.78, 5) is 15.3. The van der Waals surface area contributed by atoms with Gasteiger partial charge in [-0.3, -0.25) is 9.69 Å². The first-order valence-corrected chi connectivity index (χ1v) is 11.9. The topological polar surface area (TPSA) is 38.4 Å². The van der Waals surface area contributed by atoms with Gasteiger partial charge in [-0.1, -0.05) is 61.2 Å². The highest BCUT2D eigenvalue weighted by atomic mass is 32.2. The van der Waals surface area contributed by atoms with Gasteiger partial charge in [0.15, 0.2) is 0 Å². The van der Waals surface area contributed by atoms with Gasteiger partial charge in [0.2, 0.25) is 0 Å². The Labute approximate surface area is 200 Å². The molecular formula is C26H21FN2O2S2. The fourth-order valence-electron chi connectivity index (χ4n) is 4.11. The van der Waals surface area contributed by atoms with Crippen LogP contribution in [0.4, 0.5) is 4.39 Å². The molecule has 1 amide bonds. The maximum Gasteiger partial charge on any atom is 0.266 e. The fourth-order valence-corrected chi connectivity index (χ4v) is 5.36. The summed E-state index contributed by atoms with van der Waals surface area (Å²) in [6.07, 6.45) is 6.45. The van der Waals surface area contributed by atoms with Crippen LogP contribution in [0.1, 0.15) is 29.4 Å². The van der Waals surface area contributed by atoms with Gasteiger partial charge in [0.1, 0.15) is 15.9 Å². The Hall–Kier alpha value is -3.16. The number of nitrogens with zero attached hydrogens (tertiary/aromatic N) is 2. The summed E-state index contributed by atoms with van der Waals surface area (Å²) in [5.41, 5.74) is 4.32. The first kappa shape index (κ1) is 21.7. The minimum Gasteiger partial charge on any atom is -0.467 e. The van der Waals surface area contributed by atoms with Crippen LogP contribution in [0.3, 0.4) is 0 Å². The zero-order valence-corrected chi connectivity index (χ0v) is 19.6. The first-order valence-electron chi connectivity index (χ1n) is 10.7. The number of para-hydroxylation sites is 1. The minimum absolute atomic E-state index is 0.118. The summed E-state index contributed by atoms with van der Waals surface area (Å²) in [6, 6.07) is 16.4. The van der Waals surface area contributed by atoms with Crippen molar-refractivity contribution in [1.29, 1.82) is 0 Å². The summed E-state index contributed by atoms with van der Waals surface area (Å²) < 4.78 is 21.5. The van der Waals surface area contributed by atoms with Crippen molar-refractivity contribution in [3.63, 3.8) is 0 Å². The van der Waals surface area contributed by atoms with Crippen molar-refractivity contribution in [2.45, 2.75) is 26.4 Å². The molecular weight excluding hydrogens is 455 g/mol. The summed E-state index contributed by atoms with van der Waals surface area (Å²) in [5.74, 6) is 0.325. The monoisotopic (exact) mass is 476 g/mol. The van der Waals surface area contributed by atoms with Gasteiger partial charge in [0, 0.05) is 23.7 Å². The van der Waals surface area contributed by atoms with Crippen LogP contribution in [-0.2, 0) is 24.3 Å². The smallest absolute Gasteiger partial charge is 0.266 e. The highest BCUT2D eigenvalue weighted by molar-refractivity contribution is 8.26. The summed E-state index contributed by atoms with van der Waals surface area (Å²) in [7, 11) is 0. The molecule has 0 radical (unpaired) electrons. The number of furan rings is 1. The van der Waals surface area contributed by atoms with Crippen LogP contribution in [0.15, 0.2) is 76.4 Å². The first-order chi connectivity index (χ1) is 16.0. The maximum atomic E-state index is 13.4. The number of hydrogen-bond acceptors (Lipinski definition) is 4. The molecule has 1 saturated heterocycles. The van der Waals surface area contributed by atoms with Crippen LogP contribution >= 0.6 is 24.0 Å². The Morgan fingerprint density at radius 2 is 1.91 bits per heavy atom. The lowest BCUT2D eigenvalue weighted by Crippen LogP contribution is -2.27. The Bertz CT molecular complexity index is 1370. The number of halogens is 1. The van der Waals surface area contributed by atoms with E-state index in [4.69, 9.17) is 16.6 Å². The Morgan fingerprint density at radius 1 is 1.09 bits per heavy atom. The summed E-state index contributed by atoms with van der Waals surface area (Å²) in [5, 5.41) is 1.08. The van der Waals surface area contributed by atoms with Gasteiger partial charge >= 0.3 is 0 Å². The van der Waals surface area contributed by atoms with Gasteiger partial charge in [-0.25, -0.2) is 4.39 Å². The molecule has 2 aromatic carbocycles. The van der Waals surface area contributed by atoms with E-state index < -0.39 is 0 Å². The van der Waals surface area contributed by atoms with Crippen molar-refractivity contribution in [1.82, 2.24) is 9.47 Å². The standard InChI is InChI=1S/C26H21FN2O2S2/c1-2-18-5-3-7-22-19(15-28(24(18)22)14-17-8-10-20(27)11-9-17)13-23-25(30)29(26(32)33-23)16-21-6-4-12-31-21/h3-13,15H,2,14,16H2,1H3/b23-13-. The summed E-state index contributed by atoms with van der Waals surface area (Å²) in [6.45, 7) is 3.06. The SMILES string of the molecule is CCc1cccc2c(/C=C3\SC(=S)N(Cc4ccco4)C3=O)cn(Cc3ccc(F)cc3)c12. The molecule has 0 spiro atoms. The van der Waals surface area contributed by atoms with E-state index in [-0.39, 0.29) is 11.7 Å². The third-order valence-corrected chi connectivity index (χ3v) is 7.09. The number of thioether (sulfide) groups is 1. The average Bonchev–Trinajstić information content (AvgIpc) is 3.52. The number of amides is 1. The van der Waals surface area contributed by atoms with E-state index in [0.29, 0.717) is 28.1 Å². The van der Waals surface area contributed by atoms with Crippen molar-refractivity contribution >= 4 is 51.2 Å². The van der Waals surface area contributed by atoms with Crippen molar-refractivity contribution < 1.29 is 13.6 Å². The normalized spacial score (nSPS) is 15.3. The molecule has 33 heavy (non-hydrogen) atoms. The van der Waals surface area contributed by atoms with Crippen LogP contribution in [0.2, 0.25) is 0 Å². The Kier molecular flexibility index (Phi) is 5.91. The number of carbonyl (C=O) groups is 1. The third kappa shape index (κ3) is 4.26. The van der Waals surface area contributed by atoms with Gasteiger partial charge in [0.05, 0.1) is 23.2 Å². The second-order valence-corrected chi connectivity index (χ2v) is 9.53. The molecule has 0 N–H and O–H groups in total. The quantitative estimate of drug-likeness (QED) is 0.239. The molecule has 3 heterocycles. The van der Waals surface area contributed by atoms with Crippen LogP contribution in [0, 0.1) is 5.82 Å². The van der Waals surface area contributed by atoms with E-state index >= 15 is 0 Å². The average molecular weight is 477 g/mol. The van der Waals surface area contributed by atoms with Gasteiger partial charge in [-0.2, -0.15) is 0 Å². The molecule has 4 nitrogen and oxygen atoms in total. The number of fused-ring (bicyclic) bond motifs is 1. The van der Waals surface area contributed by atoms with Gasteiger partial charge in [-0.15, -0.1) is 0 Å². The minimum atomic E-state index is -0.248. The molecule has 0 bridgehead atoms. The lowest BCUT2D eigenvalue weighted by atomic mass is 10.1. The number of aromatic nitrogens is 1. The highest BCUT2D eigenvalue weighted by Crippen LogP contribution is 2.36. The molecule has 0 aliphatic carbocycles. The van der Waals surface area contributed by atoms with Crippen LogP contribution in [0.5, 0.6) is 0 Å². The molecule has 5 rings (SSSR count). The van der Waals surface area contributed by atoms with E-state index in [1.165, 1.54) is 29.5 Å². The van der Waals surface area contributed by atoms with Crippen molar-refractivity contribution in [3.8, 4) is 0 Å². The number of benzene rings is 2. The number of hydrogen-bond donors (Lipinski definition) is 0. The molecule has 0 saturated carbocycles. The molecule has 0 atom stereocenters. The molecule has 7 heteroatoms. The fraction of sp³-hybridized carbons (Fsp3) is 0.154. The molecule has 1 aliphatic rings. The molecule has 0 unspecified atom stereocenters. The largest absolute Gasteiger partial charge is 0.467 e. The van der Waals surface area contributed by atoms with E-state index in [9.17, 15) is 9.18 Å². The molecule has 1 aliphatic heterocycles. The molecule has 1 fully saturated rings. The molecule has 2 aromatic heterocycles. The highest BCUT2D eigenvalue weighted by Gasteiger charge is 2.32. The van der Waals surface area contributed by atoms with E-state index in [1.54, 1.807) is 29.4 Å². The maximum absolute atomic E-state index is 13.4. The zero-order valence-electron chi connectivity index (χ0n) is 18.0. The van der Waals surface area contributed by atoms with E-state index in [2.05, 4.69) is 29.8 Å². The number of rotatable bonds is 6. The van der Waals surface area contributed by atoms with Crippen LogP contribution in [0.25, 0.3) is 17.0 Å². The van der Waals surface area contributed by atoms with Crippen molar-refractivity contribution in [3.05, 3.63) is 100 Å². The predicted octanol–water partition coefficient (Wildman–Crippen LogP) is 6.39. The second-order valence-electron chi connectivity index (χ2n) is 7.85. The van der Waals surface area contributed by atoms with Crippen molar-refractivity contribution in [2.75, 3.05) is 0 Å².